The molecule has 7 nitrogen and oxygen atoms in total. The molecule has 1 aliphatic rings. The van der Waals surface area contributed by atoms with Crippen molar-refractivity contribution in [1.29, 1.82) is 0 Å². The van der Waals surface area contributed by atoms with E-state index in [4.69, 9.17) is 0 Å². The lowest BCUT2D eigenvalue weighted by molar-refractivity contribution is -0.130. The molecule has 1 aliphatic heterocycles. The van der Waals surface area contributed by atoms with Crippen LogP contribution in [-0.2, 0) is 9.59 Å². The van der Waals surface area contributed by atoms with E-state index in [-0.39, 0.29) is 17.6 Å². The molecule has 1 aromatic rings. The Morgan fingerprint density at radius 2 is 1.85 bits per heavy atom. The molecule has 0 spiro atoms. The highest BCUT2D eigenvalue weighted by Gasteiger charge is 2.36. The molecule has 0 saturated carbocycles. The maximum Gasteiger partial charge on any atom is 0.475 e. The fourth-order valence-corrected chi connectivity index (χ4v) is 3.05. The zero-order valence-electron chi connectivity index (χ0n) is 15.9. The van der Waals surface area contributed by atoms with Gasteiger partial charge in [0.15, 0.2) is 0 Å². The van der Waals surface area contributed by atoms with Crippen molar-refractivity contribution in [2.45, 2.75) is 51.6 Å². The molecule has 1 aromatic carbocycles. The maximum atomic E-state index is 13.1. The van der Waals surface area contributed by atoms with E-state index in [1.807, 2.05) is 18.7 Å². The van der Waals surface area contributed by atoms with Crippen LogP contribution in [0.4, 0.5) is 10.1 Å². The van der Waals surface area contributed by atoms with E-state index in [1.54, 1.807) is 19.1 Å². The first-order valence-corrected chi connectivity index (χ1v) is 9.18. The third kappa shape index (κ3) is 5.67. The van der Waals surface area contributed by atoms with Gasteiger partial charge in [0.05, 0.1) is 5.94 Å². The number of nitrogens with zero attached hydrogens (tertiary/aromatic N) is 1. The van der Waals surface area contributed by atoms with Crippen molar-refractivity contribution in [1.82, 2.24) is 10.6 Å². The van der Waals surface area contributed by atoms with Crippen molar-refractivity contribution in [2.75, 3.05) is 11.4 Å². The molecule has 2 amide bonds. The lowest BCUT2D eigenvalue weighted by Gasteiger charge is -2.42. The minimum Gasteiger partial charge on any atom is -0.426 e. The number of amides is 2. The highest BCUT2D eigenvalue weighted by molar-refractivity contribution is 6.43. The van der Waals surface area contributed by atoms with Gasteiger partial charge in [-0.05, 0) is 49.9 Å². The van der Waals surface area contributed by atoms with Gasteiger partial charge in [-0.15, -0.1) is 0 Å². The average Bonchev–Trinajstić information content (AvgIpc) is 2.54. The standard InChI is InChI=1S/C18H27BFN3O4/c1-11(2)10-16(19(26)27)22-17(24)12(3)21-18(25)15-8-9-23(15)14-6-4-13(20)5-7-14/h4-7,11-12,15-16,26-27H,8-10H2,1-3H3,(H,21,25)(H,22,24)/t12-,15-,16-/m0/s1. The number of halogens is 1. The van der Waals surface area contributed by atoms with E-state index in [0.717, 1.165) is 5.69 Å². The second-order valence-corrected chi connectivity index (χ2v) is 7.36. The summed E-state index contributed by atoms with van der Waals surface area (Å²) in [4.78, 5) is 26.6. The largest absolute Gasteiger partial charge is 0.475 e. The molecule has 27 heavy (non-hydrogen) atoms. The first-order chi connectivity index (χ1) is 12.7. The summed E-state index contributed by atoms with van der Waals surface area (Å²) in [5, 5.41) is 24.0. The summed E-state index contributed by atoms with van der Waals surface area (Å²) >= 11 is 0. The lowest BCUT2D eigenvalue weighted by atomic mass is 9.75. The SMILES string of the molecule is CC(C)C[C@H](NC(=O)[C@H](C)NC(=O)[C@@H]1CCN1c1ccc(F)cc1)B(O)O. The average molecular weight is 379 g/mol. The second kappa shape index (κ2) is 9.19. The van der Waals surface area contributed by atoms with Gasteiger partial charge in [0.25, 0.3) is 0 Å². The number of rotatable bonds is 8. The Balaban J connectivity index is 1.90. The van der Waals surface area contributed by atoms with Crippen LogP contribution >= 0.6 is 0 Å². The third-order valence-electron chi connectivity index (χ3n) is 4.65. The quantitative estimate of drug-likeness (QED) is 0.492. The van der Waals surface area contributed by atoms with Gasteiger partial charge in [-0.1, -0.05) is 13.8 Å². The summed E-state index contributed by atoms with van der Waals surface area (Å²) in [6, 6.07) is 4.68. The zero-order valence-corrected chi connectivity index (χ0v) is 15.9. The molecule has 0 bridgehead atoms. The van der Waals surface area contributed by atoms with Gasteiger partial charge in [-0.25, -0.2) is 4.39 Å². The van der Waals surface area contributed by atoms with E-state index >= 15 is 0 Å². The molecule has 3 atom stereocenters. The first kappa shape index (κ1) is 21.2. The van der Waals surface area contributed by atoms with Gasteiger partial charge in [0.1, 0.15) is 17.9 Å². The Morgan fingerprint density at radius 1 is 1.22 bits per heavy atom. The Kier molecular flexibility index (Phi) is 7.21. The molecule has 2 rings (SSSR count). The molecule has 9 heteroatoms. The van der Waals surface area contributed by atoms with E-state index in [0.29, 0.717) is 19.4 Å². The Hall–Kier alpha value is -2.13. The normalized spacial score (nSPS) is 18.5. The number of benzene rings is 1. The van der Waals surface area contributed by atoms with Crippen molar-refractivity contribution >= 4 is 24.6 Å². The van der Waals surface area contributed by atoms with Crippen LogP contribution < -0.4 is 15.5 Å². The number of carbonyl (C=O) groups excluding carboxylic acids is 2. The summed E-state index contributed by atoms with van der Waals surface area (Å²) in [5.41, 5.74) is 0.750. The highest BCUT2D eigenvalue weighted by atomic mass is 19.1. The van der Waals surface area contributed by atoms with Crippen LogP contribution in [0.2, 0.25) is 0 Å². The predicted molar refractivity (Wildman–Crippen MR) is 101 cm³/mol. The molecule has 0 unspecified atom stereocenters. The predicted octanol–water partition coefficient (Wildman–Crippen LogP) is 0.452. The van der Waals surface area contributed by atoms with Gasteiger partial charge in [0.2, 0.25) is 11.8 Å². The van der Waals surface area contributed by atoms with Crippen LogP contribution in [0.15, 0.2) is 24.3 Å². The summed E-state index contributed by atoms with van der Waals surface area (Å²) in [6.07, 6.45) is 1.05. The Bertz CT molecular complexity index is 657. The molecule has 1 saturated heterocycles. The van der Waals surface area contributed by atoms with E-state index in [2.05, 4.69) is 10.6 Å². The number of hydrogen-bond donors (Lipinski definition) is 4. The van der Waals surface area contributed by atoms with Crippen molar-refractivity contribution in [3.63, 3.8) is 0 Å². The van der Waals surface area contributed by atoms with E-state index < -0.39 is 31.1 Å². The van der Waals surface area contributed by atoms with E-state index in [1.165, 1.54) is 12.1 Å². The minimum atomic E-state index is -1.67. The van der Waals surface area contributed by atoms with Crippen molar-refractivity contribution in [3.05, 3.63) is 30.1 Å². The molecule has 148 valence electrons. The number of hydrogen-bond acceptors (Lipinski definition) is 5. The molecule has 1 fully saturated rings. The summed E-state index contributed by atoms with van der Waals surface area (Å²) in [6.45, 7) is 6.04. The van der Waals surface area contributed by atoms with Crippen LogP contribution in [0.25, 0.3) is 0 Å². The summed E-state index contributed by atoms with van der Waals surface area (Å²) in [5.74, 6) is -1.74. The second-order valence-electron chi connectivity index (χ2n) is 7.36. The molecule has 1 heterocycles. The zero-order chi connectivity index (χ0) is 20.1. The highest BCUT2D eigenvalue weighted by Crippen LogP contribution is 2.26. The molecular weight excluding hydrogens is 352 g/mol. The molecule has 0 aliphatic carbocycles. The summed E-state index contributed by atoms with van der Waals surface area (Å²) < 4.78 is 13.1. The van der Waals surface area contributed by atoms with Gasteiger partial charge in [-0.3, -0.25) is 9.59 Å². The number of nitrogens with one attached hydrogen (secondary N) is 2. The molecule has 0 radical (unpaired) electrons. The molecule has 0 aromatic heterocycles. The van der Waals surface area contributed by atoms with E-state index in [9.17, 15) is 24.0 Å². The van der Waals surface area contributed by atoms with Crippen LogP contribution in [-0.4, -0.2) is 53.6 Å². The Labute approximate surface area is 159 Å². The number of anilines is 1. The fraction of sp³-hybridized carbons (Fsp3) is 0.556. The lowest BCUT2D eigenvalue weighted by Crippen LogP contribution is -2.60. The van der Waals surface area contributed by atoms with Crippen LogP contribution in [0.3, 0.4) is 0 Å². The number of carbonyl (C=O) groups is 2. The fourth-order valence-electron chi connectivity index (χ4n) is 3.05. The van der Waals surface area contributed by atoms with Crippen LogP contribution in [0.5, 0.6) is 0 Å². The third-order valence-corrected chi connectivity index (χ3v) is 4.65. The van der Waals surface area contributed by atoms with Crippen molar-refractivity contribution < 1.29 is 24.0 Å². The first-order valence-electron chi connectivity index (χ1n) is 9.18. The molecular formula is C18H27BFN3O4. The smallest absolute Gasteiger partial charge is 0.426 e. The minimum absolute atomic E-state index is 0.168. The van der Waals surface area contributed by atoms with Crippen LogP contribution in [0.1, 0.15) is 33.6 Å². The van der Waals surface area contributed by atoms with Gasteiger partial charge in [0, 0.05) is 12.2 Å². The topological polar surface area (TPSA) is 102 Å². The Morgan fingerprint density at radius 3 is 2.33 bits per heavy atom. The molecule has 4 N–H and O–H groups in total. The monoisotopic (exact) mass is 379 g/mol. The van der Waals surface area contributed by atoms with Crippen LogP contribution in [0, 0.1) is 11.7 Å². The van der Waals surface area contributed by atoms with Gasteiger partial charge >= 0.3 is 7.12 Å². The van der Waals surface area contributed by atoms with Gasteiger partial charge in [-0.2, -0.15) is 0 Å². The van der Waals surface area contributed by atoms with Gasteiger partial charge < -0.3 is 25.6 Å². The van der Waals surface area contributed by atoms with Crippen molar-refractivity contribution in [3.8, 4) is 0 Å². The summed E-state index contributed by atoms with van der Waals surface area (Å²) in [7, 11) is -1.67. The maximum absolute atomic E-state index is 13.1. The van der Waals surface area contributed by atoms with Crippen molar-refractivity contribution in [2.24, 2.45) is 5.92 Å².